The number of hydrogen-bond acceptors (Lipinski definition) is 2. The molecule has 0 amide bonds. The highest BCUT2D eigenvalue weighted by Gasteiger charge is 2.06. The van der Waals surface area contributed by atoms with E-state index in [1.165, 1.54) is 0 Å². The van der Waals surface area contributed by atoms with Crippen LogP contribution in [0.5, 0.6) is 5.75 Å². The number of ether oxygens (including phenoxy) is 1. The van der Waals surface area contributed by atoms with Crippen molar-refractivity contribution < 1.29 is 4.74 Å². The van der Waals surface area contributed by atoms with Crippen molar-refractivity contribution in [2.75, 3.05) is 6.61 Å². The van der Waals surface area contributed by atoms with E-state index in [0.29, 0.717) is 6.61 Å². The molecule has 0 saturated heterocycles. The number of nitrogens with one attached hydrogen (secondary N) is 1. The highest BCUT2D eigenvalue weighted by Crippen LogP contribution is 2.31. The first-order chi connectivity index (χ1) is 6.33. The second-order valence-corrected chi connectivity index (χ2v) is 3.43. The Bertz CT molecular complexity index is 424. The third-order valence-electron chi connectivity index (χ3n) is 1.82. The normalized spacial score (nSPS) is 10.6. The molecule has 0 atom stereocenters. The number of H-pyrrole nitrogens is 1. The molecule has 68 valence electrons. The largest absolute Gasteiger partial charge is 0.493 e. The van der Waals surface area contributed by atoms with Crippen LogP contribution in [0.15, 0.2) is 22.8 Å². The number of nitrogens with zero attached hydrogens (tertiary/aromatic N) is 1. The number of rotatable bonds is 2. The molecule has 0 aliphatic heterocycles. The lowest BCUT2D eigenvalue weighted by Crippen LogP contribution is -1.91. The maximum Gasteiger partial charge on any atom is 0.134 e. The van der Waals surface area contributed by atoms with Crippen LogP contribution in [-0.4, -0.2) is 16.8 Å². The Morgan fingerprint density at radius 3 is 3.15 bits per heavy atom. The predicted octanol–water partition coefficient (Wildman–Crippen LogP) is 2.72. The van der Waals surface area contributed by atoms with Gasteiger partial charge in [-0.3, -0.25) is 5.10 Å². The van der Waals surface area contributed by atoms with E-state index in [1.54, 1.807) is 6.20 Å². The van der Waals surface area contributed by atoms with E-state index in [4.69, 9.17) is 4.74 Å². The van der Waals surface area contributed by atoms with Gasteiger partial charge in [0, 0.05) is 5.39 Å². The van der Waals surface area contributed by atoms with Crippen molar-refractivity contribution in [1.82, 2.24) is 10.2 Å². The first-order valence-corrected chi connectivity index (χ1v) is 4.86. The van der Waals surface area contributed by atoms with Crippen LogP contribution in [0, 0.1) is 0 Å². The fourth-order valence-electron chi connectivity index (χ4n) is 1.23. The van der Waals surface area contributed by atoms with Crippen molar-refractivity contribution in [3.05, 3.63) is 22.8 Å². The van der Waals surface area contributed by atoms with Crippen molar-refractivity contribution in [2.24, 2.45) is 0 Å². The number of halogens is 1. The summed E-state index contributed by atoms with van der Waals surface area (Å²) in [6, 6.07) is 3.88. The summed E-state index contributed by atoms with van der Waals surface area (Å²) in [6.07, 6.45) is 1.78. The van der Waals surface area contributed by atoms with Gasteiger partial charge in [-0.15, -0.1) is 0 Å². The Balaban J connectivity index is 2.59. The van der Waals surface area contributed by atoms with Gasteiger partial charge >= 0.3 is 0 Å². The van der Waals surface area contributed by atoms with Crippen LogP contribution in [0.1, 0.15) is 6.92 Å². The molecule has 0 unspecified atom stereocenters. The minimum absolute atomic E-state index is 0.669. The SMILES string of the molecule is CCOc1ccc2[nH]ncc2c1Br. The summed E-state index contributed by atoms with van der Waals surface area (Å²) >= 11 is 3.48. The average molecular weight is 241 g/mol. The smallest absolute Gasteiger partial charge is 0.134 e. The minimum atomic E-state index is 0.669. The summed E-state index contributed by atoms with van der Waals surface area (Å²) in [5, 5.41) is 7.89. The van der Waals surface area contributed by atoms with Crippen molar-refractivity contribution in [2.45, 2.75) is 6.92 Å². The molecule has 0 aliphatic carbocycles. The van der Waals surface area contributed by atoms with Crippen LogP contribution in [0.2, 0.25) is 0 Å². The van der Waals surface area contributed by atoms with Crippen LogP contribution >= 0.6 is 15.9 Å². The number of aromatic amines is 1. The molecule has 4 heteroatoms. The molecular formula is C9H9BrN2O. The summed E-state index contributed by atoms with van der Waals surface area (Å²) in [4.78, 5) is 0. The van der Waals surface area contributed by atoms with E-state index in [1.807, 2.05) is 19.1 Å². The molecule has 3 nitrogen and oxygen atoms in total. The molecule has 0 saturated carbocycles. The molecule has 0 fully saturated rings. The van der Waals surface area contributed by atoms with Crippen molar-refractivity contribution in [1.29, 1.82) is 0 Å². The second-order valence-electron chi connectivity index (χ2n) is 2.64. The molecule has 13 heavy (non-hydrogen) atoms. The van der Waals surface area contributed by atoms with Crippen molar-refractivity contribution in [3.63, 3.8) is 0 Å². The Hall–Kier alpha value is -1.03. The summed E-state index contributed by atoms with van der Waals surface area (Å²) in [6.45, 7) is 2.63. The maximum absolute atomic E-state index is 5.43. The third-order valence-corrected chi connectivity index (χ3v) is 2.64. The Labute approximate surface area is 84.2 Å². The summed E-state index contributed by atoms with van der Waals surface area (Å²) in [5.74, 6) is 0.858. The Morgan fingerprint density at radius 2 is 2.38 bits per heavy atom. The van der Waals surface area contributed by atoms with Gasteiger partial charge in [-0.25, -0.2) is 0 Å². The Morgan fingerprint density at radius 1 is 1.54 bits per heavy atom. The van der Waals surface area contributed by atoms with Crippen molar-refractivity contribution >= 4 is 26.8 Å². The minimum Gasteiger partial charge on any atom is -0.493 e. The molecule has 2 aromatic rings. The average Bonchev–Trinajstić information content (AvgIpc) is 2.58. The molecule has 0 aliphatic rings. The molecule has 2 rings (SSSR count). The van der Waals surface area contributed by atoms with E-state index in [9.17, 15) is 0 Å². The molecular weight excluding hydrogens is 232 g/mol. The van der Waals surface area contributed by atoms with E-state index in [-0.39, 0.29) is 0 Å². The molecule has 0 spiro atoms. The summed E-state index contributed by atoms with van der Waals surface area (Å²) in [5.41, 5.74) is 1.01. The highest BCUT2D eigenvalue weighted by atomic mass is 79.9. The van der Waals surface area contributed by atoms with Crippen LogP contribution in [0.4, 0.5) is 0 Å². The summed E-state index contributed by atoms with van der Waals surface area (Å²) in [7, 11) is 0. The molecule has 1 aromatic carbocycles. The first kappa shape index (κ1) is 8.56. The van der Waals surface area contributed by atoms with E-state index < -0.39 is 0 Å². The third kappa shape index (κ3) is 1.42. The lowest BCUT2D eigenvalue weighted by atomic mass is 10.2. The highest BCUT2D eigenvalue weighted by molar-refractivity contribution is 9.10. The van der Waals surface area contributed by atoms with Crippen LogP contribution in [-0.2, 0) is 0 Å². The quantitative estimate of drug-likeness (QED) is 0.877. The monoisotopic (exact) mass is 240 g/mol. The fourth-order valence-corrected chi connectivity index (χ4v) is 1.79. The van der Waals surface area contributed by atoms with Crippen LogP contribution < -0.4 is 4.74 Å². The number of hydrogen-bond donors (Lipinski definition) is 1. The molecule has 1 aromatic heterocycles. The lowest BCUT2D eigenvalue weighted by molar-refractivity contribution is 0.338. The Kier molecular flexibility index (Phi) is 2.22. The zero-order chi connectivity index (χ0) is 9.26. The van der Waals surface area contributed by atoms with Gasteiger partial charge in [0.15, 0.2) is 0 Å². The molecule has 0 radical (unpaired) electrons. The zero-order valence-electron chi connectivity index (χ0n) is 7.17. The van der Waals surface area contributed by atoms with Gasteiger partial charge in [-0.05, 0) is 35.0 Å². The standard InChI is InChI=1S/C9H9BrN2O/c1-2-13-8-4-3-7-6(9(8)10)5-11-12-7/h3-5H,2H2,1H3,(H,11,12). The predicted molar refractivity (Wildman–Crippen MR) is 55.0 cm³/mol. The molecule has 1 heterocycles. The number of aromatic nitrogens is 2. The number of benzene rings is 1. The van der Waals surface area contributed by atoms with Gasteiger partial charge in [-0.1, -0.05) is 0 Å². The number of fused-ring (bicyclic) bond motifs is 1. The van der Waals surface area contributed by atoms with Crippen molar-refractivity contribution in [3.8, 4) is 5.75 Å². The second kappa shape index (κ2) is 3.38. The van der Waals surface area contributed by atoms with Crippen LogP contribution in [0.3, 0.4) is 0 Å². The van der Waals surface area contributed by atoms with Crippen LogP contribution in [0.25, 0.3) is 10.9 Å². The lowest BCUT2D eigenvalue weighted by Gasteiger charge is -2.05. The van der Waals surface area contributed by atoms with Gasteiger partial charge in [0.1, 0.15) is 5.75 Å². The van der Waals surface area contributed by atoms with Gasteiger partial charge in [0.2, 0.25) is 0 Å². The van der Waals surface area contributed by atoms with Gasteiger partial charge in [-0.2, -0.15) is 5.10 Å². The van der Waals surface area contributed by atoms with Gasteiger partial charge in [0.25, 0.3) is 0 Å². The van der Waals surface area contributed by atoms with E-state index in [0.717, 1.165) is 21.1 Å². The molecule has 1 N–H and O–H groups in total. The molecule has 0 bridgehead atoms. The van der Waals surface area contributed by atoms with Gasteiger partial charge < -0.3 is 4.74 Å². The zero-order valence-corrected chi connectivity index (χ0v) is 8.76. The topological polar surface area (TPSA) is 37.9 Å². The van der Waals surface area contributed by atoms with Gasteiger partial charge in [0.05, 0.1) is 22.8 Å². The first-order valence-electron chi connectivity index (χ1n) is 4.07. The van der Waals surface area contributed by atoms with E-state index >= 15 is 0 Å². The van der Waals surface area contributed by atoms with E-state index in [2.05, 4.69) is 26.1 Å². The summed E-state index contributed by atoms with van der Waals surface area (Å²) < 4.78 is 6.38. The fraction of sp³-hybridized carbons (Fsp3) is 0.222. The maximum atomic E-state index is 5.43.